The molecule has 7 nitrogen and oxygen atoms in total. The van der Waals surface area contributed by atoms with Gasteiger partial charge in [-0.2, -0.15) is 0 Å². The maximum atomic E-state index is 11.8. The van der Waals surface area contributed by atoms with Crippen molar-refractivity contribution in [1.82, 2.24) is 4.90 Å². The molecule has 1 amide bonds. The molecule has 1 aromatic rings. The van der Waals surface area contributed by atoms with E-state index >= 15 is 0 Å². The Balaban J connectivity index is 1.38. The van der Waals surface area contributed by atoms with Gasteiger partial charge in [-0.25, -0.2) is 0 Å². The smallest absolute Gasteiger partial charge is 0.218 e. The number of carbonyl (C=O) groups is 1. The van der Waals surface area contributed by atoms with Gasteiger partial charge in [0, 0.05) is 37.5 Å². The van der Waals surface area contributed by atoms with E-state index in [1.807, 2.05) is 19.3 Å². The van der Waals surface area contributed by atoms with E-state index in [-0.39, 0.29) is 34.4 Å². The van der Waals surface area contributed by atoms with Gasteiger partial charge in [0.15, 0.2) is 0 Å². The van der Waals surface area contributed by atoms with Gasteiger partial charge in [0.25, 0.3) is 0 Å². The molecule has 0 unspecified atom stereocenters. The average Bonchev–Trinajstić information content (AvgIpc) is 3.35. The third-order valence-electron chi connectivity index (χ3n) is 10.8. The second-order valence-corrected chi connectivity index (χ2v) is 12.1. The summed E-state index contributed by atoms with van der Waals surface area (Å²) in [5.41, 5.74) is 9.18. The lowest BCUT2D eigenvalue weighted by molar-refractivity contribution is -0.304. The zero-order chi connectivity index (χ0) is 27.3. The number of rotatable bonds is 11. The maximum absolute atomic E-state index is 11.8. The second-order valence-electron chi connectivity index (χ2n) is 12.1. The van der Waals surface area contributed by atoms with Gasteiger partial charge in [0.05, 0.1) is 38.6 Å². The molecule has 2 heterocycles. The Kier molecular flexibility index (Phi) is 6.99. The minimum Gasteiger partial charge on any atom is -0.497 e. The zero-order valence-corrected chi connectivity index (χ0v) is 23.3. The van der Waals surface area contributed by atoms with Crippen LogP contribution in [0.15, 0.2) is 66.0 Å². The van der Waals surface area contributed by atoms with Crippen LogP contribution in [0.5, 0.6) is 0 Å². The van der Waals surface area contributed by atoms with Crippen LogP contribution in [-0.2, 0) is 30.3 Å². The molecule has 6 atom stereocenters. The fraction of sp³-hybridized carbons (Fsp3) is 0.594. The number of hydrogen-bond acceptors (Lipinski definition) is 6. The Morgan fingerprint density at radius 2 is 2.05 bits per heavy atom. The summed E-state index contributed by atoms with van der Waals surface area (Å²) in [6.07, 6.45) is 9.58. The number of methoxy groups -OCH3 is 2. The van der Waals surface area contributed by atoms with Crippen LogP contribution in [0.2, 0.25) is 0 Å². The highest BCUT2D eigenvalue weighted by Crippen LogP contribution is 2.76. The Morgan fingerprint density at radius 1 is 1.23 bits per heavy atom. The van der Waals surface area contributed by atoms with Gasteiger partial charge >= 0.3 is 0 Å². The number of hydrogen-bond donors (Lipinski definition) is 1. The molecule has 7 heteroatoms. The monoisotopic (exact) mass is 534 g/mol. The number of benzene rings is 1. The number of fused-ring (bicyclic) bond motifs is 2. The largest absolute Gasteiger partial charge is 0.497 e. The van der Waals surface area contributed by atoms with Crippen molar-refractivity contribution in [3.8, 4) is 0 Å². The van der Waals surface area contributed by atoms with E-state index in [0.29, 0.717) is 44.6 Å². The fourth-order valence-electron chi connectivity index (χ4n) is 9.22. The first-order chi connectivity index (χ1) is 18.9. The highest BCUT2D eigenvalue weighted by atomic mass is 16.6. The van der Waals surface area contributed by atoms with Gasteiger partial charge in [-0.1, -0.05) is 43.0 Å². The lowest BCUT2D eigenvalue weighted by Crippen LogP contribution is -2.78. The molecule has 0 radical (unpaired) electrons. The first kappa shape index (κ1) is 26.8. The number of amides is 1. The van der Waals surface area contributed by atoms with Crippen LogP contribution in [0.4, 0.5) is 0 Å². The average molecular weight is 535 g/mol. The molecule has 6 aliphatic rings. The molecule has 1 aromatic carbocycles. The van der Waals surface area contributed by atoms with Crippen LogP contribution in [0, 0.1) is 16.7 Å². The SMILES string of the molecule is C=C(/C=C\C1=C2CO[C@H]3[C@@]4(OC)CC[C@@]5(C[C@@H]4COCc4ccccc4)[C@@H](C1)N(CCC(N)=O)CC[C@]235)OC. The van der Waals surface area contributed by atoms with Crippen molar-refractivity contribution in [2.24, 2.45) is 22.5 Å². The molecular weight excluding hydrogens is 492 g/mol. The topological polar surface area (TPSA) is 83.3 Å². The van der Waals surface area contributed by atoms with Crippen LogP contribution >= 0.6 is 0 Å². The number of allylic oxidation sites excluding steroid dienone is 2. The Labute approximate surface area is 232 Å². The van der Waals surface area contributed by atoms with Crippen molar-refractivity contribution in [1.29, 1.82) is 0 Å². The molecule has 7 rings (SSSR count). The Bertz CT molecular complexity index is 1180. The van der Waals surface area contributed by atoms with Crippen LogP contribution in [0.1, 0.15) is 44.1 Å². The molecule has 210 valence electrons. The lowest BCUT2D eigenvalue weighted by atomic mass is 9.35. The van der Waals surface area contributed by atoms with Crippen molar-refractivity contribution < 1.29 is 23.7 Å². The molecule has 0 aromatic heterocycles. The Hall–Kier alpha value is -2.45. The summed E-state index contributed by atoms with van der Waals surface area (Å²) in [5, 5.41) is 0. The van der Waals surface area contributed by atoms with Gasteiger partial charge in [0.1, 0.15) is 5.76 Å². The maximum Gasteiger partial charge on any atom is 0.218 e. The van der Waals surface area contributed by atoms with Gasteiger partial charge in [-0.15, -0.1) is 0 Å². The third-order valence-corrected chi connectivity index (χ3v) is 10.8. The minimum absolute atomic E-state index is 0.00653. The van der Waals surface area contributed by atoms with E-state index in [0.717, 1.165) is 38.6 Å². The van der Waals surface area contributed by atoms with Crippen molar-refractivity contribution in [3.05, 3.63) is 71.5 Å². The predicted molar refractivity (Wildman–Crippen MR) is 149 cm³/mol. The van der Waals surface area contributed by atoms with Crippen molar-refractivity contribution in [2.45, 2.75) is 62.9 Å². The zero-order valence-electron chi connectivity index (χ0n) is 23.3. The summed E-state index contributed by atoms with van der Waals surface area (Å²) in [6, 6.07) is 10.7. The molecule has 4 aliphatic carbocycles. The number of likely N-dealkylation sites (tertiary alicyclic amines) is 1. The molecule has 2 saturated heterocycles. The summed E-state index contributed by atoms with van der Waals surface area (Å²) in [5.74, 6) is 0.638. The second kappa shape index (κ2) is 10.2. The van der Waals surface area contributed by atoms with E-state index in [4.69, 9.17) is 24.7 Å². The summed E-state index contributed by atoms with van der Waals surface area (Å²) < 4.78 is 25.1. The van der Waals surface area contributed by atoms with E-state index in [2.05, 4.69) is 41.8 Å². The number of nitrogens with two attached hydrogens (primary N) is 1. The normalized spacial score (nSPS) is 36.8. The number of ether oxygens (including phenoxy) is 4. The number of piperidine rings is 1. The molecule has 5 fully saturated rings. The van der Waals surface area contributed by atoms with Crippen molar-refractivity contribution >= 4 is 5.91 Å². The van der Waals surface area contributed by atoms with E-state index < -0.39 is 0 Å². The molecule has 2 N–H and O–H groups in total. The van der Waals surface area contributed by atoms with Gasteiger partial charge in [0.2, 0.25) is 5.91 Å². The van der Waals surface area contributed by atoms with Crippen LogP contribution in [-0.4, -0.2) is 69.1 Å². The number of nitrogens with zero attached hydrogens (tertiary/aromatic N) is 1. The predicted octanol–water partition coefficient (Wildman–Crippen LogP) is 4.14. The minimum atomic E-state index is -0.373. The number of carbonyl (C=O) groups excluding carboxylic acids is 1. The van der Waals surface area contributed by atoms with Gasteiger partial charge < -0.3 is 24.7 Å². The Morgan fingerprint density at radius 3 is 2.79 bits per heavy atom. The quantitative estimate of drug-likeness (QED) is 0.339. The molecule has 39 heavy (non-hydrogen) atoms. The third kappa shape index (κ3) is 3.96. The first-order valence-electron chi connectivity index (χ1n) is 14.3. The summed E-state index contributed by atoms with van der Waals surface area (Å²) >= 11 is 0. The first-order valence-corrected chi connectivity index (χ1v) is 14.3. The van der Waals surface area contributed by atoms with Gasteiger partial charge in [-0.05, 0) is 66.8 Å². The number of primary amides is 1. The van der Waals surface area contributed by atoms with Crippen molar-refractivity contribution in [3.63, 3.8) is 0 Å². The fourth-order valence-corrected chi connectivity index (χ4v) is 9.22. The standard InChI is InChI=1S/C32H42N2O5/c1-22(36-2)9-10-24-17-27-30-12-13-32(37-3,25(18-30)20-38-19-23-7-5-4-6-8-23)29-31(30,26(24)21-39-29)14-16-34(27)15-11-28(33)35/h4-10,25,27,29H,1,11-21H2,2-3H3,(H2,33,35)/b10-9-/t25-,27-,29-,30-,31+,32-/m1/s1. The molecule has 3 saturated carbocycles. The van der Waals surface area contributed by atoms with Crippen LogP contribution < -0.4 is 5.73 Å². The molecular formula is C32H42N2O5. The summed E-state index contributed by atoms with van der Waals surface area (Å²) in [4.78, 5) is 14.4. The van der Waals surface area contributed by atoms with Crippen molar-refractivity contribution in [2.75, 3.05) is 40.5 Å². The van der Waals surface area contributed by atoms with Gasteiger partial charge in [-0.3, -0.25) is 9.69 Å². The summed E-state index contributed by atoms with van der Waals surface area (Å²) in [6.45, 7) is 7.52. The summed E-state index contributed by atoms with van der Waals surface area (Å²) in [7, 11) is 3.52. The highest BCUT2D eigenvalue weighted by molar-refractivity contribution is 5.73. The molecule has 2 aliphatic heterocycles. The van der Waals surface area contributed by atoms with Crippen LogP contribution in [0.3, 0.4) is 0 Å². The van der Waals surface area contributed by atoms with E-state index in [1.165, 1.54) is 16.7 Å². The van der Waals surface area contributed by atoms with Crippen LogP contribution in [0.25, 0.3) is 0 Å². The lowest BCUT2D eigenvalue weighted by Gasteiger charge is -2.74. The molecule has 2 spiro atoms. The molecule has 4 bridgehead atoms. The highest BCUT2D eigenvalue weighted by Gasteiger charge is 2.79. The van der Waals surface area contributed by atoms with E-state index in [9.17, 15) is 4.79 Å². The van der Waals surface area contributed by atoms with E-state index in [1.54, 1.807) is 7.11 Å².